The summed E-state index contributed by atoms with van der Waals surface area (Å²) in [7, 11) is 0. The van der Waals surface area contributed by atoms with E-state index in [-0.39, 0.29) is 11.6 Å². The molecule has 0 heterocycles. The van der Waals surface area contributed by atoms with E-state index in [4.69, 9.17) is 0 Å². The molecule has 0 bridgehead atoms. The smallest absolute Gasteiger partial charge is 0.334 e. The van der Waals surface area contributed by atoms with Gasteiger partial charge in [-0.05, 0) is 25.5 Å². The van der Waals surface area contributed by atoms with Gasteiger partial charge < -0.3 is 14.6 Å². The van der Waals surface area contributed by atoms with E-state index in [0.29, 0.717) is 12.1 Å². The third-order valence-electron chi connectivity index (χ3n) is 3.24. The minimum Gasteiger partial charge on any atom is -0.544 e. The van der Waals surface area contributed by atoms with E-state index < -0.39 is 47.1 Å². The van der Waals surface area contributed by atoms with Crippen molar-refractivity contribution >= 4 is 11.9 Å². The SMILES string of the molecule is C=C(C)C(=O)OC(CC)(c1ccc(F)cc1F)C(F)(F)C(=O)[O-]. The van der Waals surface area contributed by atoms with E-state index in [1.165, 1.54) is 0 Å². The van der Waals surface area contributed by atoms with Gasteiger partial charge in [0.25, 0.3) is 0 Å². The lowest BCUT2D eigenvalue weighted by Crippen LogP contribution is -2.58. The highest BCUT2D eigenvalue weighted by Gasteiger charge is 2.59. The summed E-state index contributed by atoms with van der Waals surface area (Å²) in [5, 5.41) is 10.9. The van der Waals surface area contributed by atoms with Crippen molar-refractivity contribution in [1.29, 1.82) is 0 Å². The quantitative estimate of drug-likeness (QED) is 0.454. The van der Waals surface area contributed by atoms with Crippen LogP contribution >= 0.6 is 0 Å². The molecule has 0 aromatic heterocycles. The monoisotopic (exact) mass is 333 g/mol. The molecular weight excluding hydrogens is 320 g/mol. The highest BCUT2D eigenvalue weighted by Crippen LogP contribution is 2.45. The highest BCUT2D eigenvalue weighted by molar-refractivity contribution is 5.88. The molecule has 0 N–H and O–H groups in total. The van der Waals surface area contributed by atoms with Gasteiger partial charge in [-0.25, -0.2) is 13.6 Å². The lowest BCUT2D eigenvalue weighted by molar-refractivity contribution is -0.346. The number of ether oxygens (including phenoxy) is 1. The van der Waals surface area contributed by atoms with Crippen LogP contribution in [0.4, 0.5) is 17.6 Å². The number of aliphatic carboxylic acids is 1. The van der Waals surface area contributed by atoms with Gasteiger partial charge in [-0.15, -0.1) is 0 Å². The molecule has 0 amide bonds. The molecule has 1 atom stereocenters. The molecule has 1 aromatic carbocycles. The zero-order valence-electron chi connectivity index (χ0n) is 12.3. The summed E-state index contributed by atoms with van der Waals surface area (Å²) in [4.78, 5) is 22.5. The summed E-state index contributed by atoms with van der Waals surface area (Å²) in [5.74, 6) is -11.5. The Hall–Kier alpha value is -2.38. The summed E-state index contributed by atoms with van der Waals surface area (Å²) >= 11 is 0. The van der Waals surface area contributed by atoms with E-state index in [2.05, 4.69) is 11.3 Å². The Bertz CT molecular complexity index is 657. The largest absolute Gasteiger partial charge is 0.544 e. The summed E-state index contributed by atoms with van der Waals surface area (Å²) in [6.07, 6.45) is -0.810. The first-order valence-corrected chi connectivity index (χ1v) is 6.43. The number of alkyl halides is 2. The van der Waals surface area contributed by atoms with E-state index in [1.54, 1.807) is 0 Å². The highest BCUT2D eigenvalue weighted by atomic mass is 19.3. The molecule has 1 rings (SSSR count). The molecule has 23 heavy (non-hydrogen) atoms. The van der Waals surface area contributed by atoms with Crippen LogP contribution in [0.3, 0.4) is 0 Å². The van der Waals surface area contributed by atoms with Crippen molar-refractivity contribution in [2.45, 2.75) is 31.8 Å². The Kier molecular flexibility index (Phi) is 5.19. The standard InChI is InChI=1S/C15H14F4O4/c1-4-14(15(18,19)13(21)22,23-12(20)8(2)3)10-6-5-9(16)7-11(10)17/h5-7H,2,4H2,1,3H3,(H,21,22)/p-1. The Morgan fingerprint density at radius 2 is 1.87 bits per heavy atom. The van der Waals surface area contributed by atoms with E-state index in [9.17, 15) is 32.3 Å². The van der Waals surface area contributed by atoms with Crippen LogP contribution in [-0.2, 0) is 19.9 Å². The van der Waals surface area contributed by atoms with Crippen LogP contribution in [0.25, 0.3) is 0 Å². The van der Waals surface area contributed by atoms with Crippen molar-refractivity contribution in [3.05, 3.63) is 47.5 Å². The number of carboxylic acid groups (broad SMARTS) is 1. The number of hydrogen-bond acceptors (Lipinski definition) is 4. The molecule has 1 unspecified atom stereocenters. The fourth-order valence-electron chi connectivity index (χ4n) is 2.00. The van der Waals surface area contributed by atoms with E-state index in [0.717, 1.165) is 13.8 Å². The molecule has 0 radical (unpaired) electrons. The molecule has 0 saturated carbocycles. The first kappa shape index (κ1) is 18.7. The van der Waals surface area contributed by atoms with Crippen molar-refractivity contribution in [1.82, 2.24) is 0 Å². The van der Waals surface area contributed by atoms with Gasteiger partial charge in [0.1, 0.15) is 17.6 Å². The first-order valence-electron chi connectivity index (χ1n) is 6.43. The van der Waals surface area contributed by atoms with Crippen LogP contribution in [0, 0.1) is 11.6 Å². The molecule has 0 aliphatic heterocycles. The molecule has 0 aliphatic rings. The van der Waals surface area contributed by atoms with Crippen LogP contribution in [0.1, 0.15) is 25.8 Å². The number of esters is 1. The third kappa shape index (κ3) is 3.20. The molecule has 0 spiro atoms. The van der Waals surface area contributed by atoms with Crippen molar-refractivity contribution in [2.24, 2.45) is 0 Å². The van der Waals surface area contributed by atoms with Gasteiger partial charge in [-0.1, -0.05) is 13.5 Å². The predicted octanol–water partition coefficient (Wildman–Crippen LogP) is 2.07. The minimum atomic E-state index is -4.77. The zero-order valence-corrected chi connectivity index (χ0v) is 12.3. The van der Waals surface area contributed by atoms with Gasteiger partial charge in [-0.2, -0.15) is 8.78 Å². The topological polar surface area (TPSA) is 66.4 Å². The molecule has 0 fully saturated rings. The second kappa shape index (κ2) is 6.39. The van der Waals surface area contributed by atoms with Crippen LogP contribution in [-0.4, -0.2) is 17.9 Å². The average molecular weight is 333 g/mol. The van der Waals surface area contributed by atoms with Crippen molar-refractivity contribution < 1.29 is 37.0 Å². The number of benzene rings is 1. The minimum absolute atomic E-state index is 0.277. The van der Waals surface area contributed by atoms with E-state index in [1.807, 2.05) is 0 Å². The van der Waals surface area contributed by atoms with Crippen molar-refractivity contribution in [3.63, 3.8) is 0 Å². The van der Waals surface area contributed by atoms with Gasteiger partial charge >= 0.3 is 11.9 Å². The number of rotatable bonds is 6. The van der Waals surface area contributed by atoms with Gasteiger partial charge in [0.05, 0.1) is 0 Å². The third-order valence-corrected chi connectivity index (χ3v) is 3.24. The maximum atomic E-state index is 14.2. The van der Waals surface area contributed by atoms with Crippen LogP contribution < -0.4 is 5.11 Å². The number of carbonyl (C=O) groups is 2. The van der Waals surface area contributed by atoms with Gasteiger partial charge in [0.15, 0.2) is 0 Å². The second-order valence-corrected chi connectivity index (χ2v) is 4.84. The van der Waals surface area contributed by atoms with Gasteiger partial charge in [0, 0.05) is 17.2 Å². The van der Waals surface area contributed by atoms with Crippen LogP contribution in [0.2, 0.25) is 0 Å². The number of halogens is 4. The maximum Gasteiger partial charge on any atom is 0.334 e. The summed E-state index contributed by atoms with van der Waals surface area (Å²) < 4.78 is 60.0. The lowest BCUT2D eigenvalue weighted by atomic mass is 9.83. The predicted molar refractivity (Wildman–Crippen MR) is 69.2 cm³/mol. The summed E-state index contributed by atoms with van der Waals surface area (Å²) in [5.41, 5.74) is -4.50. The number of carbonyl (C=O) groups excluding carboxylic acids is 2. The van der Waals surface area contributed by atoms with Crippen LogP contribution in [0.5, 0.6) is 0 Å². The van der Waals surface area contributed by atoms with Crippen molar-refractivity contribution in [2.75, 3.05) is 0 Å². The maximum absolute atomic E-state index is 14.2. The second-order valence-electron chi connectivity index (χ2n) is 4.84. The number of hydrogen-bond donors (Lipinski definition) is 0. The Morgan fingerprint density at radius 1 is 1.30 bits per heavy atom. The Labute approximate surface area is 129 Å². The molecule has 126 valence electrons. The zero-order chi connectivity index (χ0) is 18.0. The Morgan fingerprint density at radius 3 is 2.26 bits per heavy atom. The van der Waals surface area contributed by atoms with Crippen molar-refractivity contribution in [3.8, 4) is 0 Å². The number of carboxylic acids is 1. The molecule has 0 aliphatic carbocycles. The normalized spacial score (nSPS) is 14.0. The molecule has 8 heteroatoms. The fraction of sp³-hybridized carbons (Fsp3) is 0.333. The molecular formula is C15H13F4O4-. The summed E-state index contributed by atoms with van der Waals surface area (Å²) in [6, 6.07) is 1.51. The molecule has 1 aromatic rings. The Balaban J connectivity index is 3.67. The molecule has 0 saturated heterocycles. The van der Waals surface area contributed by atoms with Gasteiger partial charge in [0.2, 0.25) is 5.60 Å². The van der Waals surface area contributed by atoms with E-state index >= 15 is 0 Å². The van der Waals surface area contributed by atoms with Crippen LogP contribution in [0.15, 0.2) is 30.4 Å². The lowest BCUT2D eigenvalue weighted by Gasteiger charge is -2.40. The average Bonchev–Trinajstić information content (AvgIpc) is 2.44. The first-order chi connectivity index (χ1) is 10.5. The molecule has 4 nitrogen and oxygen atoms in total. The fourth-order valence-corrected chi connectivity index (χ4v) is 2.00. The van der Waals surface area contributed by atoms with Gasteiger partial charge in [-0.3, -0.25) is 0 Å². The summed E-state index contributed by atoms with van der Waals surface area (Å²) in [6.45, 7) is 5.40.